The molecular weight excluding hydrogens is 240 g/mol. The summed E-state index contributed by atoms with van der Waals surface area (Å²) in [5, 5.41) is 10.6. The van der Waals surface area contributed by atoms with Crippen LogP contribution in [0.2, 0.25) is 0 Å². The summed E-state index contributed by atoms with van der Waals surface area (Å²) in [4.78, 5) is 11.8. The second-order valence-electron chi connectivity index (χ2n) is 3.45. The Morgan fingerprint density at radius 3 is 2.82 bits per heavy atom. The van der Waals surface area contributed by atoms with Gasteiger partial charge in [-0.05, 0) is 18.2 Å². The minimum atomic E-state index is -1.23. The van der Waals surface area contributed by atoms with E-state index in [1.807, 2.05) is 18.2 Å². The number of benzene rings is 1. The normalized spacial score (nSPS) is 12.4. The van der Waals surface area contributed by atoms with Crippen molar-refractivity contribution in [2.75, 3.05) is 14.2 Å². The average molecular weight is 252 g/mol. The summed E-state index contributed by atoms with van der Waals surface area (Å²) < 4.78 is 10.7. The van der Waals surface area contributed by atoms with E-state index in [1.54, 1.807) is 13.2 Å². The Hall–Kier alpha value is -1.59. The maximum atomic E-state index is 11.2. The summed E-state index contributed by atoms with van der Waals surface area (Å²) in [6, 6.07) is 7.37. The van der Waals surface area contributed by atoms with Crippen molar-refractivity contribution >= 4 is 27.4 Å². The largest absolute Gasteiger partial charge is 0.496 e. The van der Waals surface area contributed by atoms with E-state index < -0.39 is 12.1 Å². The lowest BCUT2D eigenvalue weighted by molar-refractivity contribution is -0.150. The predicted octanol–water partition coefficient (Wildman–Crippen LogP) is 2.12. The molecule has 1 heterocycles. The summed E-state index contributed by atoms with van der Waals surface area (Å²) >= 11 is 1.35. The molecule has 0 aliphatic carbocycles. The summed E-state index contributed by atoms with van der Waals surface area (Å²) in [5.74, 6) is 0.0672. The van der Waals surface area contributed by atoms with Gasteiger partial charge in [-0.3, -0.25) is 0 Å². The first-order valence-electron chi connectivity index (χ1n) is 4.99. The highest BCUT2D eigenvalue weighted by atomic mass is 32.1. The molecule has 0 amide bonds. The SMILES string of the molecule is COC(=O)C(O)c1cc2c(OC)cccc2s1. The first kappa shape index (κ1) is 11.9. The minimum Gasteiger partial charge on any atom is -0.496 e. The van der Waals surface area contributed by atoms with Crippen LogP contribution in [-0.4, -0.2) is 25.3 Å². The number of fused-ring (bicyclic) bond motifs is 1. The molecule has 1 aromatic heterocycles. The van der Waals surface area contributed by atoms with Gasteiger partial charge in [0.15, 0.2) is 6.10 Å². The highest BCUT2D eigenvalue weighted by Crippen LogP contribution is 2.35. The van der Waals surface area contributed by atoms with Crippen LogP contribution in [0.5, 0.6) is 5.75 Å². The lowest BCUT2D eigenvalue weighted by Crippen LogP contribution is -2.11. The molecule has 1 N–H and O–H groups in total. The zero-order chi connectivity index (χ0) is 12.4. The number of thiophene rings is 1. The van der Waals surface area contributed by atoms with E-state index in [2.05, 4.69) is 4.74 Å². The second-order valence-corrected chi connectivity index (χ2v) is 4.56. The first-order valence-corrected chi connectivity index (χ1v) is 5.81. The van der Waals surface area contributed by atoms with Gasteiger partial charge in [0.05, 0.1) is 14.2 Å². The van der Waals surface area contributed by atoms with Crippen LogP contribution < -0.4 is 4.74 Å². The van der Waals surface area contributed by atoms with Crippen LogP contribution in [0.3, 0.4) is 0 Å². The quantitative estimate of drug-likeness (QED) is 0.850. The van der Waals surface area contributed by atoms with Crippen LogP contribution in [0.4, 0.5) is 0 Å². The zero-order valence-corrected chi connectivity index (χ0v) is 10.3. The average Bonchev–Trinajstić information content (AvgIpc) is 2.80. The predicted molar refractivity (Wildman–Crippen MR) is 65.4 cm³/mol. The molecule has 0 bridgehead atoms. The Balaban J connectivity index is 2.47. The van der Waals surface area contributed by atoms with Crippen molar-refractivity contribution in [1.82, 2.24) is 0 Å². The van der Waals surface area contributed by atoms with Crippen molar-refractivity contribution in [2.45, 2.75) is 6.10 Å². The maximum Gasteiger partial charge on any atom is 0.340 e. The molecule has 0 saturated heterocycles. The zero-order valence-electron chi connectivity index (χ0n) is 9.47. The Bertz CT molecular complexity index is 546. The molecule has 5 heteroatoms. The van der Waals surface area contributed by atoms with Gasteiger partial charge in [0, 0.05) is 15.0 Å². The molecule has 17 heavy (non-hydrogen) atoms. The van der Waals surface area contributed by atoms with E-state index in [0.717, 1.165) is 15.8 Å². The molecule has 1 unspecified atom stereocenters. The van der Waals surface area contributed by atoms with Crippen molar-refractivity contribution in [3.05, 3.63) is 29.1 Å². The lowest BCUT2D eigenvalue weighted by atomic mass is 10.2. The van der Waals surface area contributed by atoms with Gasteiger partial charge < -0.3 is 14.6 Å². The van der Waals surface area contributed by atoms with Gasteiger partial charge in [0.1, 0.15) is 5.75 Å². The molecule has 0 spiro atoms. The fourth-order valence-corrected chi connectivity index (χ4v) is 2.65. The maximum absolute atomic E-state index is 11.2. The Morgan fingerprint density at radius 1 is 1.41 bits per heavy atom. The molecule has 90 valence electrons. The first-order chi connectivity index (χ1) is 8.17. The summed E-state index contributed by atoms with van der Waals surface area (Å²) in [6.45, 7) is 0. The van der Waals surface area contributed by atoms with Crippen molar-refractivity contribution in [1.29, 1.82) is 0 Å². The van der Waals surface area contributed by atoms with Crippen molar-refractivity contribution in [2.24, 2.45) is 0 Å². The van der Waals surface area contributed by atoms with Crippen LogP contribution in [0.25, 0.3) is 10.1 Å². The van der Waals surface area contributed by atoms with Crippen LogP contribution >= 0.6 is 11.3 Å². The topological polar surface area (TPSA) is 55.8 Å². The minimum absolute atomic E-state index is 0.552. The van der Waals surface area contributed by atoms with Crippen LogP contribution in [0.15, 0.2) is 24.3 Å². The molecule has 0 aliphatic heterocycles. The van der Waals surface area contributed by atoms with E-state index in [1.165, 1.54) is 18.4 Å². The number of carbonyl (C=O) groups is 1. The third-order valence-corrected chi connectivity index (χ3v) is 3.61. The monoisotopic (exact) mass is 252 g/mol. The smallest absolute Gasteiger partial charge is 0.340 e. The molecular formula is C12H12O4S. The standard InChI is InChI=1S/C12H12O4S/c1-15-8-4-3-5-9-7(8)6-10(17-9)11(13)12(14)16-2/h3-6,11,13H,1-2H3. The van der Waals surface area contributed by atoms with Crippen molar-refractivity contribution in [3.63, 3.8) is 0 Å². The molecule has 2 rings (SSSR count). The third kappa shape index (κ3) is 2.11. The number of aliphatic hydroxyl groups is 1. The summed E-state index contributed by atoms with van der Waals surface area (Å²) in [7, 11) is 2.84. The van der Waals surface area contributed by atoms with Gasteiger partial charge in [-0.2, -0.15) is 0 Å². The van der Waals surface area contributed by atoms with Crippen molar-refractivity contribution < 1.29 is 19.4 Å². The molecule has 1 aromatic carbocycles. The number of rotatable bonds is 3. The molecule has 0 radical (unpaired) electrons. The van der Waals surface area contributed by atoms with Crippen molar-refractivity contribution in [3.8, 4) is 5.75 Å². The molecule has 2 aromatic rings. The van der Waals surface area contributed by atoms with E-state index in [9.17, 15) is 9.90 Å². The Labute approximate surface area is 102 Å². The van der Waals surface area contributed by atoms with Crippen LogP contribution in [-0.2, 0) is 9.53 Å². The number of hydrogen-bond donors (Lipinski definition) is 1. The molecule has 0 fully saturated rings. The highest BCUT2D eigenvalue weighted by molar-refractivity contribution is 7.19. The number of carbonyl (C=O) groups excluding carboxylic acids is 1. The fraction of sp³-hybridized carbons (Fsp3) is 0.250. The third-order valence-electron chi connectivity index (χ3n) is 2.45. The lowest BCUT2D eigenvalue weighted by Gasteiger charge is -2.04. The number of aliphatic hydroxyl groups excluding tert-OH is 1. The molecule has 0 saturated carbocycles. The molecule has 0 aliphatic rings. The Morgan fingerprint density at radius 2 is 2.18 bits per heavy atom. The number of ether oxygens (including phenoxy) is 2. The van der Waals surface area contributed by atoms with Gasteiger partial charge in [-0.15, -0.1) is 11.3 Å². The number of esters is 1. The van der Waals surface area contributed by atoms with Gasteiger partial charge in [0.2, 0.25) is 0 Å². The van der Waals surface area contributed by atoms with Gasteiger partial charge in [-0.25, -0.2) is 4.79 Å². The van der Waals surface area contributed by atoms with E-state index in [0.29, 0.717) is 4.88 Å². The van der Waals surface area contributed by atoms with E-state index in [4.69, 9.17) is 4.74 Å². The van der Waals surface area contributed by atoms with Crippen LogP contribution in [0.1, 0.15) is 11.0 Å². The van der Waals surface area contributed by atoms with E-state index >= 15 is 0 Å². The summed E-state index contributed by atoms with van der Waals surface area (Å²) in [5.41, 5.74) is 0. The van der Waals surface area contributed by atoms with Gasteiger partial charge in [0.25, 0.3) is 0 Å². The van der Waals surface area contributed by atoms with Gasteiger partial charge in [-0.1, -0.05) is 6.07 Å². The van der Waals surface area contributed by atoms with Crippen LogP contribution in [0, 0.1) is 0 Å². The van der Waals surface area contributed by atoms with E-state index in [-0.39, 0.29) is 0 Å². The molecule has 4 nitrogen and oxygen atoms in total. The Kier molecular flexibility index (Phi) is 3.31. The highest BCUT2D eigenvalue weighted by Gasteiger charge is 2.21. The number of methoxy groups -OCH3 is 2. The number of hydrogen-bond acceptors (Lipinski definition) is 5. The van der Waals surface area contributed by atoms with Gasteiger partial charge >= 0.3 is 5.97 Å². The fourth-order valence-electron chi connectivity index (χ4n) is 1.59. The molecule has 1 atom stereocenters. The summed E-state index contributed by atoms with van der Waals surface area (Å²) in [6.07, 6.45) is -1.23. The second kappa shape index (κ2) is 4.73.